The van der Waals surface area contributed by atoms with Gasteiger partial charge in [0, 0.05) is 12.4 Å². The van der Waals surface area contributed by atoms with Gasteiger partial charge >= 0.3 is 0 Å². The summed E-state index contributed by atoms with van der Waals surface area (Å²) in [7, 11) is 0. The average Bonchev–Trinajstić information content (AvgIpc) is 2.19. The van der Waals surface area contributed by atoms with Crippen molar-refractivity contribution < 1.29 is 0 Å². The SMILES string of the molecule is NC1C=C(c2cccnc2)C=CN1. The van der Waals surface area contributed by atoms with E-state index in [1.165, 1.54) is 0 Å². The molecule has 0 fully saturated rings. The van der Waals surface area contributed by atoms with Gasteiger partial charge in [-0.2, -0.15) is 0 Å². The van der Waals surface area contributed by atoms with E-state index in [2.05, 4.69) is 10.3 Å². The quantitative estimate of drug-likeness (QED) is 0.662. The van der Waals surface area contributed by atoms with Crippen molar-refractivity contribution >= 4 is 5.57 Å². The number of rotatable bonds is 1. The summed E-state index contributed by atoms with van der Waals surface area (Å²) in [4.78, 5) is 4.05. The van der Waals surface area contributed by atoms with Crippen molar-refractivity contribution in [3.8, 4) is 0 Å². The van der Waals surface area contributed by atoms with Gasteiger partial charge in [0.25, 0.3) is 0 Å². The van der Waals surface area contributed by atoms with Crippen molar-refractivity contribution in [1.82, 2.24) is 10.3 Å². The molecule has 0 bridgehead atoms. The maximum atomic E-state index is 5.70. The van der Waals surface area contributed by atoms with Crippen LogP contribution >= 0.6 is 0 Å². The van der Waals surface area contributed by atoms with Gasteiger partial charge in [0.2, 0.25) is 0 Å². The van der Waals surface area contributed by atoms with Gasteiger partial charge in [0.1, 0.15) is 0 Å². The highest BCUT2D eigenvalue weighted by Gasteiger charge is 2.04. The van der Waals surface area contributed by atoms with Crippen LogP contribution in [0.3, 0.4) is 0 Å². The number of nitrogens with zero attached hydrogens (tertiary/aromatic N) is 1. The van der Waals surface area contributed by atoms with Crippen LogP contribution in [0.4, 0.5) is 0 Å². The van der Waals surface area contributed by atoms with E-state index in [1.54, 1.807) is 6.20 Å². The molecule has 0 saturated heterocycles. The van der Waals surface area contributed by atoms with Crippen LogP contribution in [0.15, 0.2) is 42.9 Å². The van der Waals surface area contributed by atoms with E-state index in [9.17, 15) is 0 Å². The Morgan fingerprint density at radius 2 is 2.38 bits per heavy atom. The Labute approximate surface area is 77.0 Å². The summed E-state index contributed by atoms with van der Waals surface area (Å²) in [5.41, 5.74) is 7.91. The third kappa shape index (κ3) is 1.76. The van der Waals surface area contributed by atoms with E-state index in [0.717, 1.165) is 11.1 Å². The predicted molar refractivity (Wildman–Crippen MR) is 52.5 cm³/mol. The minimum absolute atomic E-state index is 0.0970. The lowest BCUT2D eigenvalue weighted by Crippen LogP contribution is -2.33. The summed E-state index contributed by atoms with van der Waals surface area (Å²) >= 11 is 0. The van der Waals surface area contributed by atoms with Crippen molar-refractivity contribution in [3.63, 3.8) is 0 Å². The third-order valence-electron chi connectivity index (χ3n) is 1.91. The van der Waals surface area contributed by atoms with Crippen LogP contribution in [0.2, 0.25) is 0 Å². The monoisotopic (exact) mass is 173 g/mol. The van der Waals surface area contributed by atoms with E-state index in [1.807, 2.05) is 36.7 Å². The molecule has 66 valence electrons. The second kappa shape index (κ2) is 3.41. The molecule has 0 aliphatic carbocycles. The topological polar surface area (TPSA) is 50.9 Å². The number of nitrogens with two attached hydrogens (primary N) is 1. The van der Waals surface area contributed by atoms with Crippen molar-refractivity contribution in [1.29, 1.82) is 0 Å². The molecule has 0 radical (unpaired) electrons. The minimum Gasteiger partial charge on any atom is -0.373 e. The van der Waals surface area contributed by atoms with Crippen molar-refractivity contribution in [2.75, 3.05) is 0 Å². The molecule has 1 aliphatic heterocycles. The lowest BCUT2D eigenvalue weighted by atomic mass is 10.1. The molecular weight excluding hydrogens is 162 g/mol. The van der Waals surface area contributed by atoms with E-state index in [0.29, 0.717) is 0 Å². The fourth-order valence-electron chi connectivity index (χ4n) is 1.27. The smallest absolute Gasteiger partial charge is 0.0940 e. The highest BCUT2D eigenvalue weighted by atomic mass is 15.0. The Kier molecular flexibility index (Phi) is 2.10. The average molecular weight is 173 g/mol. The normalized spacial score (nSPS) is 20.7. The van der Waals surface area contributed by atoms with E-state index < -0.39 is 0 Å². The Morgan fingerprint density at radius 1 is 1.46 bits per heavy atom. The van der Waals surface area contributed by atoms with Crippen LogP contribution in [-0.2, 0) is 0 Å². The number of nitrogens with one attached hydrogen (secondary N) is 1. The summed E-state index contributed by atoms with van der Waals surface area (Å²) < 4.78 is 0. The first-order valence-corrected chi connectivity index (χ1v) is 4.17. The summed E-state index contributed by atoms with van der Waals surface area (Å²) in [6, 6.07) is 3.93. The number of hydrogen-bond acceptors (Lipinski definition) is 3. The zero-order chi connectivity index (χ0) is 9.10. The first kappa shape index (κ1) is 8.01. The Balaban J connectivity index is 2.32. The second-order valence-electron chi connectivity index (χ2n) is 2.89. The van der Waals surface area contributed by atoms with Gasteiger partial charge in [-0.05, 0) is 35.6 Å². The predicted octanol–water partition coefficient (Wildman–Crippen LogP) is 0.867. The third-order valence-corrected chi connectivity index (χ3v) is 1.91. The molecule has 0 saturated carbocycles. The molecule has 0 aromatic carbocycles. The van der Waals surface area contributed by atoms with Crippen LogP contribution in [0.5, 0.6) is 0 Å². The molecule has 0 amide bonds. The zero-order valence-corrected chi connectivity index (χ0v) is 7.14. The van der Waals surface area contributed by atoms with E-state index in [4.69, 9.17) is 5.73 Å². The summed E-state index contributed by atoms with van der Waals surface area (Å²) in [5, 5.41) is 2.98. The van der Waals surface area contributed by atoms with E-state index >= 15 is 0 Å². The molecule has 1 aromatic heterocycles. The molecule has 1 unspecified atom stereocenters. The number of dihydropyridines is 1. The van der Waals surface area contributed by atoms with Gasteiger partial charge in [0.05, 0.1) is 6.17 Å². The van der Waals surface area contributed by atoms with Crippen LogP contribution in [-0.4, -0.2) is 11.1 Å². The highest BCUT2D eigenvalue weighted by Crippen LogP contribution is 2.16. The maximum Gasteiger partial charge on any atom is 0.0940 e. The van der Waals surface area contributed by atoms with Crippen molar-refractivity contribution in [2.45, 2.75) is 6.17 Å². The molecular formula is C10H11N3. The number of pyridine rings is 1. The fraction of sp³-hybridized carbons (Fsp3) is 0.100. The standard InChI is InChI=1S/C10H11N3/c11-10-6-8(3-5-13-10)9-2-1-4-12-7-9/h1-7,10,13H,11H2. The van der Waals surface area contributed by atoms with Gasteiger partial charge < -0.3 is 11.1 Å². The lowest BCUT2D eigenvalue weighted by molar-refractivity contribution is 0.730. The minimum atomic E-state index is -0.0970. The molecule has 3 heteroatoms. The maximum absolute atomic E-state index is 5.70. The van der Waals surface area contributed by atoms with Crippen LogP contribution < -0.4 is 11.1 Å². The molecule has 2 heterocycles. The van der Waals surface area contributed by atoms with Gasteiger partial charge in [-0.3, -0.25) is 4.98 Å². The molecule has 2 rings (SSSR count). The summed E-state index contributed by atoms with van der Waals surface area (Å²) in [6.45, 7) is 0. The van der Waals surface area contributed by atoms with Gasteiger partial charge in [-0.1, -0.05) is 6.07 Å². The van der Waals surface area contributed by atoms with Crippen molar-refractivity contribution in [2.24, 2.45) is 5.73 Å². The largest absolute Gasteiger partial charge is 0.373 e. The Morgan fingerprint density at radius 3 is 3.08 bits per heavy atom. The zero-order valence-electron chi connectivity index (χ0n) is 7.14. The number of allylic oxidation sites excluding steroid dienone is 2. The first-order chi connectivity index (χ1) is 6.36. The first-order valence-electron chi connectivity index (χ1n) is 4.17. The lowest BCUT2D eigenvalue weighted by Gasteiger charge is -2.14. The summed E-state index contributed by atoms with van der Waals surface area (Å²) in [5.74, 6) is 0. The van der Waals surface area contributed by atoms with Crippen LogP contribution in [0.25, 0.3) is 5.57 Å². The number of aromatic nitrogens is 1. The molecule has 1 aliphatic rings. The molecule has 13 heavy (non-hydrogen) atoms. The fourth-order valence-corrected chi connectivity index (χ4v) is 1.27. The molecule has 3 N–H and O–H groups in total. The summed E-state index contributed by atoms with van der Waals surface area (Å²) in [6.07, 6.45) is 9.30. The molecule has 3 nitrogen and oxygen atoms in total. The second-order valence-corrected chi connectivity index (χ2v) is 2.89. The Hall–Kier alpha value is -1.61. The number of hydrogen-bond donors (Lipinski definition) is 2. The molecule has 1 atom stereocenters. The molecule has 1 aromatic rings. The van der Waals surface area contributed by atoms with Gasteiger partial charge in [-0.15, -0.1) is 0 Å². The molecule has 0 spiro atoms. The highest BCUT2D eigenvalue weighted by molar-refractivity contribution is 5.74. The van der Waals surface area contributed by atoms with Crippen molar-refractivity contribution in [3.05, 3.63) is 48.4 Å². The van der Waals surface area contributed by atoms with Crippen LogP contribution in [0.1, 0.15) is 5.56 Å². The van der Waals surface area contributed by atoms with Gasteiger partial charge in [-0.25, -0.2) is 0 Å². The van der Waals surface area contributed by atoms with E-state index in [-0.39, 0.29) is 6.17 Å². The Bertz CT molecular complexity index is 340. The van der Waals surface area contributed by atoms with Gasteiger partial charge in [0.15, 0.2) is 0 Å². The van der Waals surface area contributed by atoms with Crippen LogP contribution in [0, 0.1) is 0 Å².